The fraction of sp³-hybridized carbons (Fsp3) is 0.500. The van der Waals surface area contributed by atoms with E-state index in [0.29, 0.717) is 65.4 Å². The molecule has 2 spiro atoms. The van der Waals surface area contributed by atoms with Gasteiger partial charge in [-0.1, -0.05) is 0 Å². The predicted molar refractivity (Wildman–Crippen MR) is 185 cm³/mol. The Hall–Kier alpha value is -1.55. The maximum Gasteiger partial charge on any atom is 0.335 e. The maximum atomic E-state index is 12.4. The second kappa shape index (κ2) is 17.5. The van der Waals surface area contributed by atoms with Crippen molar-refractivity contribution in [3.05, 3.63) is 56.6 Å². The smallest absolute Gasteiger partial charge is 0.335 e. The standard InChI is InChI=1S/C14H15ClO5S.C14H16O6S.Cl2OS.ClH.O2S/c2*1-8-7-10(13(15)16)9(2)11-12(8)21(17,18)6-3-14(11)19-4-5-20-14;1-4(2)3;;1-3-2/h7H,3-6H2,1-2H3;7H,3-6H2,1-2H3,(H,15,16);;1H;. The average Bonchev–Trinajstić information content (AvgIpc) is 3.67. The van der Waals surface area contributed by atoms with E-state index < -0.39 is 63.3 Å². The molecule has 0 unspecified atom stereocenters. The highest BCUT2D eigenvalue weighted by molar-refractivity contribution is 8.26. The van der Waals surface area contributed by atoms with E-state index in [1.807, 2.05) is 0 Å². The van der Waals surface area contributed by atoms with Crippen LogP contribution in [0.1, 0.15) is 66.9 Å². The van der Waals surface area contributed by atoms with E-state index in [-0.39, 0.29) is 52.1 Å². The quantitative estimate of drug-likeness (QED) is 0.419. The number of carbonyl (C=O) groups excluding carboxylic acids is 1. The molecular formula is C28H32Cl4O14S4. The summed E-state index contributed by atoms with van der Waals surface area (Å²) in [6.07, 6.45) is 0.411. The summed E-state index contributed by atoms with van der Waals surface area (Å²) in [5.41, 5.74) is 3.02. The van der Waals surface area contributed by atoms with Crippen LogP contribution in [0.3, 0.4) is 0 Å². The van der Waals surface area contributed by atoms with Crippen LogP contribution in [0.25, 0.3) is 0 Å². The first-order valence-corrected chi connectivity index (χ1v) is 21.3. The van der Waals surface area contributed by atoms with Crippen molar-refractivity contribution in [1.82, 2.24) is 0 Å². The number of hydrogen-bond acceptors (Lipinski definition) is 13. The minimum atomic E-state index is -3.45. The number of rotatable bonds is 2. The van der Waals surface area contributed by atoms with Crippen LogP contribution in [-0.2, 0) is 71.0 Å². The molecule has 0 aliphatic carbocycles. The van der Waals surface area contributed by atoms with Gasteiger partial charge in [-0.2, -0.15) is 8.42 Å². The van der Waals surface area contributed by atoms with Crippen molar-refractivity contribution in [1.29, 1.82) is 0 Å². The van der Waals surface area contributed by atoms with Gasteiger partial charge in [-0.15, -0.1) is 12.4 Å². The minimum absolute atomic E-state index is 0. The van der Waals surface area contributed by atoms with Crippen LogP contribution < -0.4 is 0 Å². The van der Waals surface area contributed by atoms with Gasteiger partial charge in [0.05, 0.1) is 53.3 Å². The number of aromatic carboxylic acids is 1. The number of carbonyl (C=O) groups is 2. The van der Waals surface area contributed by atoms with Gasteiger partial charge in [-0.05, 0) is 73.7 Å². The average molecular weight is 863 g/mol. The van der Waals surface area contributed by atoms with Gasteiger partial charge < -0.3 is 24.1 Å². The fourth-order valence-corrected chi connectivity index (χ4v) is 10.4. The number of aryl methyl sites for hydroxylation is 2. The summed E-state index contributed by atoms with van der Waals surface area (Å²) >= 11 is 4.87. The number of hydrogen-bond donors (Lipinski definition) is 1. The van der Waals surface area contributed by atoms with Crippen molar-refractivity contribution in [2.45, 2.75) is 61.9 Å². The summed E-state index contributed by atoms with van der Waals surface area (Å²) in [4.78, 5) is 23.4. The molecule has 4 aliphatic rings. The third-order valence-electron chi connectivity index (χ3n) is 8.18. The number of carboxylic acid groups (broad SMARTS) is 1. The summed E-state index contributed by atoms with van der Waals surface area (Å²) in [7, 11) is 0.488. The zero-order valence-corrected chi connectivity index (χ0v) is 33.1. The number of sulfone groups is 2. The van der Waals surface area contributed by atoms with Crippen molar-refractivity contribution < 1.29 is 63.1 Å². The number of halogens is 4. The van der Waals surface area contributed by atoms with Gasteiger partial charge in [0.15, 0.2) is 31.2 Å². The first-order chi connectivity index (χ1) is 22.7. The molecule has 2 aromatic carbocycles. The van der Waals surface area contributed by atoms with Crippen LogP contribution in [0.2, 0.25) is 0 Å². The molecule has 2 fully saturated rings. The van der Waals surface area contributed by atoms with Crippen molar-refractivity contribution in [2.75, 3.05) is 37.9 Å². The second-order valence-corrected chi connectivity index (χ2v) is 18.1. The van der Waals surface area contributed by atoms with Gasteiger partial charge >= 0.3 is 17.5 Å². The van der Waals surface area contributed by atoms with Crippen LogP contribution in [0.15, 0.2) is 21.9 Å². The number of benzene rings is 2. The lowest BCUT2D eigenvalue weighted by Gasteiger charge is -2.36. The number of carboxylic acids is 1. The number of ether oxygens (including phenoxy) is 4. The van der Waals surface area contributed by atoms with Crippen molar-refractivity contribution in [3.63, 3.8) is 0 Å². The topological polar surface area (TPSA) is 211 Å². The van der Waals surface area contributed by atoms with Gasteiger partial charge in [0.2, 0.25) is 9.23 Å². The Balaban J connectivity index is 0.000000288. The fourth-order valence-electron chi connectivity index (χ4n) is 6.41. The van der Waals surface area contributed by atoms with Gasteiger partial charge in [-0.25, -0.2) is 25.8 Å². The Morgan fingerprint density at radius 1 is 0.760 bits per heavy atom. The second-order valence-electron chi connectivity index (χ2n) is 11.0. The van der Waals surface area contributed by atoms with Crippen LogP contribution in [0.5, 0.6) is 0 Å². The van der Waals surface area contributed by atoms with Gasteiger partial charge in [0.25, 0.3) is 5.24 Å². The van der Waals surface area contributed by atoms with Gasteiger partial charge in [0, 0.05) is 50.9 Å². The molecule has 0 radical (unpaired) electrons. The van der Waals surface area contributed by atoms with Crippen molar-refractivity contribution in [2.24, 2.45) is 0 Å². The lowest BCUT2D eigenvalue weighted by atomic mass is 9.91. The predicted octanol–water partition coefficient (Wildman–Crippen LogP) is 4.23. The normalized spacial score (nSPS) is 19.6. The molecule has 0 saturated carbocycles. The molecule has 0 aromatic heterocycles. The van der Waals surface area contributed by atoms with E-state index in [0.717, 1.165) is 0 Å². The highest BCUT2D eigenvalue weighted by Crippen LogP contribution is 2.48. The highest BCUT2D eigenvalue weighted by Gasteiger charge is 2.50. The molecule has 6 rings (SSSR count). The summed E-state index contributed by atoms with van der Waals surface area (Å²) in [5.74, 6) is -3.38. The molecule has 50 heavy (non-hydrogen) atoms. The molecule has 0 bridgehead atoms. The number of fused-ring (bicyclic) bond motifs is 4. The highest BCUT2D eigenvalue weighted by atomic mass is 36.0. The Kier molecular flexibility index (Phi) is 15.6. The lowest BCUT2D eigenvalue weighted by molar-refractivity contribution is -0.171. The Morgan fingerprint density at radius 3 is 1.36 bits per heavy atom. The maximum absolute atomic E-state index is 12.4. The molecule has 2 aromatic rings. The monoisotopic (exact) mass is 860 g/mol. The first kappa shape index (κ1) is 44.6. The van der Waals surface area contributed by atoms with Crippen LogP contribution in [-0.4, -0.2) is 83.7 Å². The molecule has 2 saturated heterocycles. The minimum Gasteiger partial charge on any atom is -0.478 e. The van der Waals surface area contributed by atoms with Crippen molar-refractivity contribution >= 4 is 97.1 Å². The van der Waals surface area contributed by atoms with Crippen molar-refractivity contribution in [3.8, 4) is 0 Å². The molecule has 4 aliphatic heterocycles. The van der Waals surface area contributed by atoms with Gasteiger partial charge in [-0.3, -0.25) is 4.79 Å². The SMILES string of the molecule is Cc1cc(C(=O)Cl)c(C)c2c1S(=O)(=O)CCC21OCCO1.Cc1cc(C(=O)O)c(C)c2c1S(=O)(=O)CCC21OCCO1.Cl.O=S(Cl)Cl.O=S=O. The molecular weight excluding hydrogens is 830 g/mol. The molecule has 0 amide bonds. The van der Waals surface area contributed by atoms with E-state index in [2.05, 4.69) is 21.4 Å². The lowest BCUT2D eigenvalue weighted by Crippen LogP contribution is -2.38. The summed E-state index contributed by atoms with van der Waals surface area (Å²) in [6.45, 7) is 8.10. The Bertz CT molecular complexity index is 1800. The molecule has 22 heteroatoms. The molecule has 4 heterocycles. The zero-order chi connectivity index (χ0) is 37.1. The zero-order valence-electron chi connectivity index (χ0n) is 26.7. The van der Waals surface area contributed by atoms with Crippen LogP contribution in [0.4, 0.5) is 0 Å². The van der Waals surface area contributed by atoms with Gasteiger partial charge in [0.1, 0.15) is 0 Å². The molecule has 280 valence electrons. The third-order valence-corrected chi connectivity index (χ3v) is 12.2. The van der Waals surface area contributed by atoms with E-state index in [1.165, 1.54) is 12.1 Å². The first-order valence-electron chi connectivity index (χ1n) is 14.1. The van der Waals surface area contributed by atoms with E-state index in [4.69, 9.17) is 43.2 Å². The van der Waals surface area contributed by atoms with E-state index in [1.54, 1.807) is 27.7 Å². The van der Waals surface area contributed by atoms with Crippen LogP contribution in [0, 0.1) is 27.7 Å². The summed E-state index contributed by atoms with van der Waals surface area (Å²) in [5, 5.41) is 8.71. The molecule has 14 nitrogen and oxygen atoms in total. The molecule has 1 N–H and O–H groups in total. The van der Waals surface area contributed by atoms with E-state index in [9.17, 15) is 31.5 Å². The Labute approximate surface area is 314 Å². The molecule has 0 atom stereocenters. The Morgan fingerprint density at radius 2 is 1.06 bits per heavy atom. The van der Waals surface area contributed by atoms with Crippen LogP contribution >= 0.6 is 45.4 Å². The summed E-state index contributed by atoms with van der Waals surface area (Å²) in [6, 6.07) is 2.93. The third kappa shape index (κ3) is 9.14. The van der Waals surface area contributed by atoms with E-state index >= 15 is 0 Å². The largest absolute Gasteiger partial charge is 0.478 e. The summed E-state index contributed by atoms with van der Waals surface area (Å²) < 4.78 is 98.2.